The van der Waals surface area contributed by atoms with Crippen molar-refractivity contribution in [1.82, 2.24) is 5.32 Å². The van der Waals surface area contributed by atoms with Gasteiger partial charge in [0.15, 0.2) is 0 Å². The van der Waals surface area contributed by atoms with E-state index < -0.39 is 0 Å². The third-order valence-corrected chi connectivity index (χ3v) is 2.94. The highest BCUT2D eigenvalue weighted by atomic mass is 19.1. The van der Waals surface area contributed by atoms with Gasteiger partial charge >= 0.3 is 0 Å². The van der Waals surface area contributed by atoms with E-state index in [1.165, 1.54) is 6.07 Å². The number of nitrogens with one attached hydrogen (secondary N) is 1. The number of benzene rings is 1. The summed E-state index contributed by atoms with van der Waals surface area (Å²) in [5.74, 6) is 0.316. The van der Waals surface area contributed by atoms with E-state index in [0.29, 0.717) is 17.9 Å². The average molecular weight is 255 g/mol. The first-order chi connectivity index (χ1) is 8.58. The van der Waals surface area contributed by atoms with Crippen LogP contribution in [0.15, 0.2) is 18.2 Å². The molecule has 0 aliphatic rings. The topological polar surface area (TPSA) is 30.5 Å². The molecule has 3 nitrogen and oxygen atoms in total. The number of methoxy groups -OCH3 is 1. The van der Waals surface area contributed by atoms with Crippen molar-refractivity contribution >= 4 is 0 Å². The van der Waals surface area contributed by atoms with Crippen LogP contribution < -0.4 is 10.1 Å². The van der Waals surface area contributed by atoms with Crippen LogP contribution in [0.1, 0.15) is 31.9 Å². The summed E-state index contributed by atoms with van der Waals surface area (Å²) in [5, 5.41) is 3.01. The Labute approximate surface area is 108 Å². The molecule has 102 valence electrons. The molecule has 0 aliphatic carbocycles. The molecule has 0 heterocycles. The third kappa shape index (κ3) is 4.27. The fourth-order valence-electron chi connectivity index (χ4n) is 1.66. The Morgan fingerprint density at radius 1 is 1.33 bits per heavy atom. The summed E-state index contributed by atoms with van der Waals surface area (Å²) in [4.78, 5) is 0. The molecule has 2 atom stereocenters. The molecule has 0 saturated carbocycles. The van der Waals surface area contributed by atoms with Crippen molar-refractivity contribution in [1.29, 1.82) is 0 Å². The first kappa shape index (κ1) is 14.9. The molecular weight excluding hydrogens is 233 g/mol. The summed E-state index contributed by atoms with van der Waals surface area (Å²) in [7, 11) is 3.46. The second kappa shape index (κ2) is 7.34. The smallest absolute Gasteiger partial charge is 0.131 e. The molecule has 1 aromatic carbocycles. The molecule has 18 heavy (non-hydrogen) atoms. The molecule has 4 heteroatoms. The van der Waals surface area contributed by atoms with Crippen LogP contribution in [0.3, 0.4) is 0 Å². The molecule has 1 aromatic rings. The molecule has 0 bridgehead atoms. The van der Waals surface area contributed by atoms with Gasteiger partial charge in [0, 0.05) is 37.8 Å². The van der Waals surface area contributed by atoms with Crippen molar-refractivity contribution in [3.63, 3.8) is 0 Å². The number of hydrogen-bond donors (Lipinski definition) is 1. The largest absolute Gasteiger partial charge is 0.491 e. The molecule has 1 N–H and O–H groups in total. The molecule has 0 radical (unpaired) electrons. The highest BCUT2D eigenvalue weighted by Crippen LogP contribution is 2.22. The number of ether oxygens (including phenoxy) is 2. The summed E-state index contributed by atoms with van der Waals surface area (Å²) < 4.78 is 24.4. The van der Waals surface area contributed by atoms with Gasteiger partial charge in [-0.05, 0) is 27.0 Å². The van der Waals surface area contributed by atoms with E-state index in [0.717, 1.165) is 6.42 Å². The van der Waals surface area contributed by atoms with Crippen LogP contribution in [-0.4, -0.2) is 26.9 Å². The Bertz CT molecular complexity index is 371. The Balaban J connectivity index is 2.66. The van der Waals surface area contributed by atoms with Crippen molar-refractivity contribution in [3.8, 4) is 5.75 Å². The van der Waals surface area contributed by atoms with E-state index in [-0.39, 0.29) is 18.0 Å². The summed E-state index contributed by atoms with van der Waals surface area (Å²) >= 11 is 0. The van der Waals surface area contributed by atoms with Gasteiger partial charge < -0.3 is 14.8 Å². The maximum atomic E-state index is 13.8. The standard InChI is InChI=1S/C14H22FNO2/c1-10(7-8-17-4)18-12-5-6-13(11(2)16-3)14(15)9-12/h5-6,9-11,16H,7-8H2,1-4H3. The fourth-order valence-corrected chi connectivity index (χ4v) is 1.66. The Morgan fingerprint density at radius 2 is 2.06 bits per heavy atom. The van der Waals surface area contributed by atoms with Gasteiger partial charge in [0.2, 0.25) is 0 Å². The first-order valence-electron chi connectivity index (χ1n) is 6.20. The van der Waals surface area contributed by atoms with Gasteiger partial charge in [0.25, 0.3) is 0 Å². The van der Waals surface area contributed by atoms with Crippen LogP contribution in [0.4, 0.5) is 4.39 Å². The lowest BCUT2D eigenvalue weighted by Crippen LogP contribution is -2.16. The Kier molecular flexibility index (Phi) is 6.09. The van der Waals surface area contributed by atoms with Crippen LogP contribution in [0.2, 0.25) is 0 Å². The van der Waals surface area contributed by atoms with Crippen LogP contribution >= 0.6 is 0 Å². The zero-order chi connectivity index (χ0) is 13.5. The average Bonchev–Trinajstić information content (AvgIpc) is 2.35. The molecule has 0 aliphatic heterocycles. The minimum atomic E-state index is -0.242. The monoisotopic (exact) mass is 255 g/mol. The van der Waals surface area contributed by atoms with Gasteiger partial charge in [-0.2, -0.15) is 0 Å². The molecule has 0 saturated heterocycles. The minimum Gasteiger partial charge on any atom is -0.491 e. The van der Waals surface area contributed by atoms with E-state index >= 15 is 0 Å². The maximum Gasteiger partial charge on any atom is 0.131 e. The van der Waals surface area contributed by atoms with E-state index in [1.807, 2.05) is 13.8 Å². The quantitative estimate of drug-likeness (QED) is 0.812. The minimum absolute atomic E-state index is 0.00929. The first-order valence-corrected chi connectivity index (χ1v) is 6.20. The Morgan fingerprint density at radius 3 is 2.61 bits per heavy atom. The Hall–Kier alpha value is -1.13. The second-order valence-corrected chi connectivity index (χ2v) is 4.40. The third-order valence-electron chi connectivity index (χ3n) is 2.94. The zero-order valence-corrected chi connectivity index (χ0v) is 11.5. The van der Waals surface area contributed by atoms with E-state index in [9.17, 15) is 4.39 Å². The van der Waals surface area contributed by atoms with Crippen LogP contribution in [0.5, 0.6) is 5.75 Å². The summed E-state index contributed by atoms with van der Waals surface area (Å²) in [5.41, 5.74) is 0.648. The molecule has 1 rings (SSSR count). The molecule has 0 fully saturated rings. The van der Waals surface area contributed by atoms with Gasteiger partial charge in [-0.25, -0.2) is 4.39 Å². The number of halogens is 1. The van der Waals surface area contributed by atoms with E-state index in [1.54, 1.807) is 26.3 Å². The van der Waals surface area contributed by atoms with Crippen molar-refractivity contribution < 1.29 is 13.9 Å². The molecule has 0 spiro atoms. The van der Waals surface area contributed by atoms with E-state index in [2.05, 4.69) is 5.32 Å². The molecule has 0 amide bonds. The van der Waals surface area contributed by atoms with Crippen LogP contribution in [-0.2, 0) is 4.74 Å². The predicted octanol–water partition coefficient (Wildman–Crippen LogP) is 2.91. The molecule has 0 aromatic heterocycles. The lowest BCUT2D eigenvalue weighted by atomic mass is 10.1. The van der Waals surface area contributed by atoms with E-state index in [4.69, 9.17) is 9.47 Å². The van der Waals surface area contributed by atoms with Crippen molar-refractivity contribution in [2.75, 3.05) is 20.8 Å². The SMILES string of the molecule is CNC(C)c1ccc(OC(C)CCOC)cc1F. The van der Waals surface area contributed by atoms with Crippen molar-refractivity contribution in [2.45, 2.75) is 32.4 Å². The number of hydrogen-bond acceptors (Lipinski definition) is 3. The fraction of sp³-hybridized carbons (Fsp3) is 0.571. The number of rotatable bonds is 7. The lowest BCUT2D eigenvalue weighted by Gasteiger charge is -2.16. The maximum absolute atomic E-state index is 13.8. The van der Waals surface area contributed by atoms with Gasteiger partial charge in [0.1, 0.15) is 11.6 Å². The summed E-state index contributed by atoms with van der Waals surface area (Å²) in [6.45, 7) is 4.50. The highest BCUT2D eigenvalue weighted by molar-refractivity contribution is 5.30. The molecular formula is C14H22FNO2. The van der Waals surface area contributed by atoms with Gasteiger partial charge in [0.05, 0.1) is 6.10 Å². The van der Waals surface area contributed by atoms with Gasteiger partial charge in [-0.1, -0.05) is 6.07 Å². The normalized spacial score (nSPS) is 14.3. The van der Waals surface area contributed by atoms with Crippen LogP contribution in [0.25, 0.3) is 0 Å². The second-order valence-electron chi connectivity index (χ2n) is 4.40. The summed E-state index contributed by atoms with van der Waals surface area (Å²) in [6.07, 6.45) is 0.796. The highest BCUT2D eigenvalue weighted by Gasteiger charge is 2.11. The van der Waals surface area contributed by atoms with Gasteiger partial charge in [-0.15, -0.1) is 0 Å². The van der Waals surface area contributed by atoms with Crippen molar-refractivity contribution in [3.05, 3.63) is 29.6 Å². The predicted molar refractivity (Wildman–Crippen MR) is 70.5 cm³/mol. The lowest BCUT2D eigenvalue weighted by molar-refractivity contribution is 0.135. The van der Waals surface area contributed by atoms with Gasteiger partial charge in [-0.3, -0.25) is 0 Å². The summed E-state index contributed by atoms with van der Waals surface area (Å²) in [6, 6.07) is 4.99. The zero-order valence-electron chi connectivity index (χ0n) is 11.5. The van der Waals surface area contributed by atoms with Crippen molar-refractivity contribution in [2.24, 2.45) is 0 Å². The van der Waals surface area contributed by atoms with Crippen LogP contribution in [0, 0.1) is 5.82 Å². The molecule has 2 unspecified atom stereocenters.